The summed E-state index contributed by atoms with van der Waals surface area (Å²) in [5, 5.41) is 0.648. The van der Waals surface area contributed by atoms with Crippen LogP contribution in [0, 0.1) is 6.92 Å². The smallest absolute Gasteiger partial charge is 0.290 e. The van der Waals surface area contributed by atoms with E-state index in [1.54, 1.807) is 23.1 Å². The largest absolute Gasteiger partial charge is 0.451 e. The highest BCUT2D eigenvalue weighted by molar-refractivity contribution is 7.89. The highest BCUT2D eigenvalue weighted by atomic mass is 32.2. The first kappa shape index (κ1) is 20.2. The summed E-state index contributed by atoms with van der Waals surface area (Å²) in [5.74, 6) is 0.107. The number of rotatable bonds is 3. The third-order valence-corrected chi connectivity index (χ3v) is 8.02. The molecular weight excluding hydrogens is 416 g/mol. The van der Waals surface area contributed by atoms with Crippen molar-refractivity contribution in [3.63, 3.8) is 0 Å². The van der Waals surface area contributed by atoms with Crippen LogP contribution in [0.3, 0.4) is 0 Å². The minimum atomic E-state index is -3.62. The lowest BCUT2D eigenvalue weighted by Gasteiger charge is -2.28. The van der Waals surface area contributed by atoms with Crippen molar-refractivity contribution in [3.05, 3.63) is 64.9 Å². The molecule has 0 bridgehead atoms. The maximum absolute atomic E-state index is 13.2. The maximum Gasteiger partial charge on any atom is 0.290 e. The van der Waals surface area contributed by atoms with Crippen LogP contribution in [0.25, 0.3) is 11.0 Å². The lowest BCUT2D eigenvalue weighted by atomic mass is 9.99. The Hall–Kier alpha value is -2.68. The van der Waals surface area contributed by atoms with Gasteiger partial charge in [0, 0.05) is 37.1 Å². The molecule has 3 heterocycles. The predicted molar refractivity (Wildman–Crippen MR) is 115 cm³/mol. The predicted octanol–water partition coefficient (Wildman–Crippen LogP) is 2.96. The first-order valence-corrected chi connectivity index (χ1v) is 11.9. The summed E-state index contributed by atoms with van der Waals surface area (Å²) < 4.78 is 38.6. The van der Waals surface area contributed by atoms with Gasteiger partial charge in [-0.2, -0.15) is 4.31 Å². The van der Waals surface area contributed by atoms with Crippen LogP contribution in [0.1, 0.15) is 27.2 Å². The number of fused-ring (bicyclic) bond motifs is 2. The van der Waals surface area contributed by atoms with E-state index in [4.69, 9.17) is 9.15 Å². The van der Waals surface area contributed by atoms with E-state index in [0.29, 0.717) is 55.9 Å². The monoisotopic (exact) mass is 440 g/mol. The van der Waals surface area contributed by atoms with Crippen LogP contribution in [-0.2, 0) is 27.7 Å². The molecule has 0 unspecified atom stereocenters. The molecule has 0 spiro atoms. The van der Waals surface area contributed by atoms with Crippen LogP contribution in [0.15, 0.2) is 51.8 Å². The third kappa shape index (κ3) is 3.54. The van der Waals surface area contributed by atoms with E-state index in [2.05, 4.69) is 6.07 Å². The molecule has 2 aromatic carbocycles. The fourth-order valence-electron chi connectivity index (χ4n) is 4.31. The van der Waals surface area contributed by atoms with Crippen molar-refractivity contribution in [2.24, 2.45) is 0 Å². The van der Waals surface area contributed by atoms with Crippen LogP contribution in [-0.4, -0.2) is 56.4 Å². The van der Waals surface area contributed by atoms with Gasteiger partial charge in [0.05, 0.1) is 18.1 Å². The van der Waals surface area contributed by atoms with E-state index >= 15 is 0 Å². The number of benzene rings is 2. The molecule has 2 aliphatic heterocycles. The van der Waals surface area contributed by atoms with Crippen LogP contribution in [0.5, 0.6) is 0 Å². The van der Waals surface area contributed by atoms with Crippen molar-refractivity contribution in [3.8, 4) is 0 Å². The van der Waals surface area contributed by atoms with E-state index in [1.807, 2.05) is 25.1 Å². The molecule has 1 saturated heterocycles. The van der Waals surface area contributed by atoms with E-state index in [9.17, 15) is 13.2 Å². The average Bonchev–Trinajstić information content (AvgIpc) is 3.14. The second-order valence-corrected chi connectivity index (χ2v) is 9.91. The SMILES string of the molecule is Cc1c(C(=O)N2CCc3ccccc3C2)oc2ccc(S(=O)(=O)N3CCOCC3)cc12. The highest BCUT2D eigenvalue weighted by Crippen LogP contribution is 2.31. The molecule has 1 amide bonds. The van der Waals surface area contributed by atoms with Crippen molar-refractivity contribution in [1.82, 2.24) is 9.21 Å². The Bertz CT molecular complexity index is 1260. The molecule has 31 heavy (non-hydrogen) atoms. The van der Waals surface area contributed by atoms with Crippen molar-refractivity contribution >= 4 is 26.9 Å². The standard InChI is InChI=1S/C23H24N2O5S/c1-16-20-14-19(31(27,28)25-10-12-29-13-11-25)6-7-21(20)30-22(16)23(26)24-9-8-17-4-2-3-5-18(17)15-24/h2-7,14H,8-13,15H2,1H3. The van der Waals surface area contributed by atoms with Gasteiger partial charge in [0.25, 0.3) is 5.91 Å². The summed E-state index contributed by atoms with van der Waals surface area (Å²) in [7, 11) is -3.62. The van der Waals surface area contributed by atoms with Crippen LogP contribution in [0.4, 0.5) is 0 Å². The lowest BCUT2D eigenvalue weighted by molar-refractivity contribution is 0.0703. The Morgan fingerprint density at radius 2 is 1.74 bits per heavy atom. The highest BCUT2D eigenvalue weighted by Gasteiger charge is 2.29. The molecule has 0 aliphatic carbocycles. The number of amides is 1. The molecular formula is C23H24N2O5S. The van der Waals surface area contributed by atoms with Crippen molar-refractivity contribution in [2.45, 2.75) is 24.8 Å². The Kier molecular flexibility index (Phi) is 5.08. The molecule has 0 atom stereocenters. The Morgan fingerprint density at radius 3 is 2.52 bits per heavy atom. The van der Waals surface area contributed by atoms with Gasteiger partial charge >= 0.3 is 0 Å². The number of sulfonamides is 1. The summed E-state index contributed by atoms with van der Waals surface area (Å²) in [6.07, 6.45) is 0.809. The Balaban J connectivity index is 1.46. The molecule has 1 aromatic heterocycles. The van der Waals surface area contributed by atoms with Gasteiger partial charge < -0.3 is 14.1 Å². The van der Waals surface area contributed by atoms with Gasteiger partial charge in [-0.1, -0.05) is 24.3 Å². The molecule has 3 aromatic rings. The van der Waals surface area contributed by atoms with E-state index in [1.165, 1.54) is 9.87 Å². The number of morpholine rings is 1. The van der Waals surface area contributed by atoms with Gasteiger partial charge in [0.2, 0.25) is 10.0 Å². The van der Waals surface area contributed by atoms with Gasteiger partial charge in [0.1, 0.15) is 5.58 Å². The zero-order chi connectivity index (χ0) is 21.6. The molecule has 5 rings (SSSR count). The van der Waals surface area contributed by atoms with Crippen LogP contribution >= 0.6 is 0 Å². The van der Waals surface area contributed by atoms with Gasteiger partial charge in [-0.25, -0.2) is 8.42 Å². The summed E-state index contributed by atoms with van der Waals surface area (Å²) in [5.41, 5.74) is 3.60. The zero-order valence-corrected chi connectivity index (χ0v) is 18.2. The Labute approximate surface area is 181 Å². The summed E-state index contributed by atoms with van der Waals surface area (Å²) in [4.78, 5) is 15.2. The lowest BCUT2D eigenvalue weighted by Crippen LogP contribution is -2.40. The van der Waals surface area contributed by atoms with Crippen molar-refractivity contribution in [2.75, 3.05) is 32.8 Å². The molecule has 7 nitrogen and oxygen atoms in total. The molecule has 0 saturated carbocycles. The average molecular weight is 441 g/mol. The number of nitrogens with zero attached hydrogens (tertiary/aromatic N) is 2. The molecule has 1 fully saturated rings. The molecule has 0 radical (unpaired) electrons. The molecule has 8 heteroatoms. The first-order valence-electron chi connectivity index (χ1n) is 10.4. The van der Waals surface area contributed by atoms with Crippen LogP contribution < -0.4 is 0 Å². The minimum absolute atomic E-state index is 0.166. The second kappa shape index (κ2) is 7.78. The number of carbonyl (C=O) groups is 1. The second-order valence-electron chi connectivity index (χ2n) is 7.98. The maximum atomic E-state index is 13.2. The van der Waals surface area contributed by atoms with Gasteiger partial charge in [-0.05, 0) is 42.7 Å². The fourth-order valence-corrected chi connectivity index (χ4v) is 5.75. The topological polar surface area (TPSA) is 80.1 Å². The number of ether oxygens (including phenoxy) is 1. The summed E-state index contributed by atoms with van der Waals surface area (Å²) in [6.45, 7) is 4.44. The first-order chi connectivity index (χ1) is 14.9. The molecule has 0 N–H and O–H groups in total. The van der Waals surface area contributed by atoms with E-state index in [0.717, 1.165) is 12.0 Å². The zero-order valence-electron chi connectivity index (χ0n) is 17.3. The third-order valence-electron chi connectivity index (χ3n) is 6.13. The number of aryl methyl sites for hydroxylation is 1. The minimum Gasteiger partial charge on any atom is -0.451 e. The summed E-state index contributed by atoms with van der Waals surface area (Å²) in [6, 6.07) is 12.9. The Morgan fingerprint density at radius 1 is 1.00 bits per heavy atom. The fraction of sp³-hybridized carbons (Fsp3) is 0.348. The number of furan rings is 1. The van der Waals surface area contributed by atoms with Crippen LogP contribution in [0.2, 0.25) is 0 Å². The van der Waals surface area contributed by atoms with Crippen molar-refractivity contribution < 1.29 is 22.4 Å². The van der Waals surface area contributed by atoms with Gasteiger partial charge in [-0.3, -0.25) is 4.79 Å². The van der Waals surface area contributed by atoms with Gasteiger partial charge in [0.15, 0.2) is 5.76 Å². The number of hydrogen-bond donors (Lipinski definition) is 0. The number of hydrogen-bond acceptors (Lipinski definition) is 5. The summed E-state index contributed by atoms with van der Waals surface area (Å²) >= 11 is 0. The quantitative estimate of drug-likeness (QED) is 0.626. The van der Waals surface area contributed by atoms with E-state index < -0.39 is 10.0 Å². The number of carbonyl (C=O) groups excluding carboxylic acids is 1. The molecule has 2 aliphatic rings. The molecule has 162 valence electrons. The van der Waals surface area contributed by atoms with E-state index in [-0.39, 0.29) is 16.6 Å². The van der Waals surface area contributed by atoms with Gasteiger partial charge in [-0.15, -0.1) is 0 Å². The van der Waals surface area contributed by atoms with Crippen molar-refractivity contribution in [1.29, 1.82) is 0 Å². The normalized spacial score (nSPS) is 17.6.